The minimum absolute atomic E-state index is 0.0502. The van der Waals surface area contributed by atoms with Crippen molar-refractivity contribution in [2.75, 3.05) is 79.1 Å². The monoisotopic (exact) mass is 925 g/mol. The molecule has 3 aliphatic heterocycles. The first kappa shape index (κ1) is 47.4. The summed E-state index contributed by atoms with van der Waals surface area (Å²) in [5.74, 6) is -2.94. The largest absolute Gasteiger partial charge is 0.494 e. The van der Waals surface area contributed by atoms with Gasteiger partial charge in [0.1, 0.15) is 23.2 Å². The molecule has 4 aromatic rings. The lowest BCUT2D eigenvalue weighted by atomic mass is 10.0. The Morgan fingerprint density at radius 3 is 2.37 bits per heavy atom. The number of imide groups is 2. The quantitative estimate of drug-likeness (QED) is 0.0393. The number of ether oxygens (including phenoxy) is 1. The number of alkyl halides is 3. The number of unbranched alkanes of at least 4 members (excludes halogenated alkanes) is 3. The molecule has 4 heterocycles. The van der Waals surface area contributed by atoms with Crippen molar-refractivity contribution < 1.29 is 46.7 Å². The van der Waals surface area contributed by atoms with E-state index in [4.69, 9.17) is 4.74 Å². The molecule has 2 saturated heterocycles. The van der Waals surface area contributed by atoms with E-state index in [-0.39, 0.29) is 48.1 Å². The molecule has 0 bridgehead atoms. The molecule has 0 spiro atoms. The zero-order valence-corrected chi connectivity index (χ0v) is 36.6. The van der Waals surface area contributed by atoms with Gasteiger partial charge in [-0.25, -0.2) is 4.98 Å². The van der Waals surface area contributed by atoms with Crippen LogP contribution in [0.1, 0.15) is 64.8 Å². The minimum atomic E-state index is -4.76. The predicted octanol–water partition coefficient (Wildman–Crippen LogP) is 5.43. The molecule has 3 aromatic carbocycles. The van der Waals surface area contributed by atoms with Crippen molar-refractivity contribution in [1.82, 2.24) is 30.4 Å². The number of rotatable bonds is 19. The van der Waals surface area contributed by atoms with E-state index in [1.54, 1.807) is 36.4 Å². The summed E-state index contributed by atoms with van der Waals surface area (Å²) >= 11 is 0. The standard InChI is InChI=1S/C46H50F3N11O7/c1-3-37(61)53-28-10-8-11-29(24-28)54-41-32(46(47,48)49)26-52-45(57-41)55-33-15-14-30(25-36(33)67-2)59-22-20-58(21-23-59)27-39(63)51-19-7-5-4-6-18-50-34-13-9-12-31-40(34)44(66)60(43(31)65)35-16-17-38(62)56-42(35)64/h3,8-15,24-26,35,50H,1,4-7,16-23,27H2,2H3,(H,51,63)(H,53,61)(H,56,62,64)(H2,52,54,55,57). The Hall–Kier alpha value is -7.55. The number of carbonyl (C=O) groups is 6. The van der Waals surface area contributed by atoms with E-state index in [0.717, 1.165) is 42.3 Å². The van der Waals surface area contributed by atoms with Gasteiger partial charge in [-0.2, -0.15) is 18.2 Å². The van der Waals surface area contributed by atoms with Gasteiger partial charge in [-0.3, -0.25) is 43.9 Å². The third-order valence-electron chi connectivity index (χ3n) is 11.4. The number of fused-ring (bicyclic) bond motifs is 1. The zero-order chi connectivity index (χ0) is 47.7. The maximum atomic E-state index is 14.0. The van der Waals surface area contributed by atoms with Gasteiger partial charge in [-0.05, 0) is 67.8 Å². The fourth-order valence-corrected chi connectivity index (χ4v) is 7.99. The van der Waals surface area contributed by atoms with Crippen molar-refractivity contribution in [2.24, 2.45) is 0 Å². The van der Waals surface area contributed by atoms with Crippen LogP contribution in [-0.4, -0.2) is 114 Å². The number of nitrogens with one attached hydrogen (secondary N) is 6. The molecule has 0 saturated carbocycles. The van der Waals surface area contributed by atoms with Crippen LogP contribution in [0.2, 0.25) is 0 Å². The van der Waals surface area contributed by atoms with Gasteiger partial charge < -0.3 is 36.2 Å². The molecule has 6 N–H and O–H groups in total. The number of halogens is 3. The molecule has 1 atom stereocenters. The molecule has 1 aromatic heterocycles. The number of piperidine rings is 1. The normalized spacial score (nSPS) is 16.3. The van der Waals surface area contributed by atoms with Crippen molar-refractivity contribution >= 4 is 75.6 Å². The number of piperazine rings is 1. The molecule has 352 valence electrons. The van der Waals surface area contributed by atoms with Crippen LogP contribution in [0, 0.1) is 0 Å². The molecule has 3 aliphatic rings. The van der Waals surface area contributed by atoms with Gasteiger partial charge in [0.05, 0.1) is 30.5 Å². The van der Waals surface area contributed by atoms with E-state index in [1.165, 1.54) is 19.2 Å². The van der Waals surface area contributed by atoms with Gasteiger partial charge in [0.15, 0.2) is 0 Å². The fraction of sp³-hybridized carbons (Fsp3) is 0.348. The van der Waals surface area contributed by atoms with Crippen molar-refractivity contribution in [3.05, 3.63) is 96.2 Å². The van der Waals surface area contributed by atoms with Crippen LogP contribution in [0.5, 0.6) is 5.75 Å². The Morgan fingerprint density at radius 2 is 1.64 bits per heavy atom. The van der Waals surface area contributed by atoms with Crippen LogP contribution in [0.3, 0.4) is 0 Å². The second-order valence-corrected chi connectivity index (χ2v) is 16.0. The fourth-order valence-electron chi connectivity index (χ4n) is 7.99. The number of hydrogen-bond acceptors (Lipinski definition) is 14. The molecule has 0 radical (unpaired) electrons. The van der Waals surface area contributed by atoms with Gasteiger partial charge in [-0.1, -0.05) is 31.6 Å². The third-order valence-corrected chi connectivity index (χ3v) is 11.4. The summed E-state index contributed by atoms with van der Waals surface area (Å²) in [5.41, 5.74) is 1.74. The number of carbonyl (C=O) groups excluding carboxylic acids is 6. The van der Waals surface area contributed by atoms with Crippen LogP contribution in [0.4, 0.5) is 53.4 Å². The lowest BCUT2D eigenvalue weighted by Gasteiger charge is -2.36. The highest BCUT2D eigenvalue weighted by Gasteiger charge is 2.45. The number of benzene rings is 3. The molecule has 0 aliphatic carbocycles. The van der Waals surface area contributed by atoms with E-state index in [1.807, 2.05) is 12.1 Å². The van der Waals surface area contributed by atoms with Gasteiger partial charge in [0.25, 0.3) is 11.8 Å². The molecular weight excluding hydrogens is 876 g/mol. The summed E-state index contributed by atoms with van der Waals surface area (Å²) in [6.45, 7) is 7.30. The van der Waals surface area contributed by atoms with Gasteiger partial charge in [0.2, 0.25) is 29.6 Å². The van der Waals surface area contributed by atoms with E-state index >= 15 is 0 Å². The minimum Gasteiger partial charge on any atom is -0.494 e. The van der Waals surface area contributed by atoms with Crippen LogP contribution in [0.25, 0.3) is 0 Å². The first-order valence-corrected chi connectivity index (χ1v) is 21.7. The SMILES string of the molecule is C=CC(=O)Nc1cccc(Nc2nc(Nc3ccc(N4CCN(CC(=O)NCCCCCCNc5cccc6c5C(=O)N(C5CCC(=O)NC5=O)C6=O)CC4)cc3OC)ncc2C(F)(F)F)c1. The summed E-state index contributed by atoms with van der Waals surface area (Å²) in [4.78, 5) is 88.2. The number of nitrogens with zero attached hydrogens (tertiary/aromatic N) is 5. The maximum Gasteiger partial charge on any atom is 0.421 e. The Labute approximate surface area is 383 Å². The number of amides is 6. The highest BCUT2D eigenvalue weighted by molar-refractivity contribution is 6.25. The molecule has 21 heteroatoms. The number of anilines is 7. The van der Waals surface area contributed by atoms with Crippen LogP contribution in [-0.2, 0) is 25.4 Å². The summed E-state index contributed by atoms with van der Waals surface area (Å²) in [7, 11) is 1.48. The topological polar surface area (TPSA) is 219 Å². The average Bonchev–Trinajstić information content (AvgIpc) is 3.56. The molecular formula is C46H50F3N11O7. The molecule has 2 fully saturated rings. The summed E-state index contributed by atoms with van der Waals surface area (Å²) in [6.07, 6.45) is 0.452. The van der Waals surface area contributed by atoms with E-state index in [2.05, 4.69) is 58.2 Å². The van der Waals surface area contributed by atoms with Gasteiger partial charge >= 0.3 is 6.18 Å². The lowest BCUT2D eigenvalue weighted by Crippen LogP contribution is -2.54. The van der Waals surface area contributed by atoms with E-state index < -0.39 is 53.1 Å². The van der Waals surface area contributed by atoms with E-state index in [9.17, 15) is 41.9 Å². The first-order chi connectivity index (χ1) is 32.2. The predicted molar refractivity (Wildman–Crippen MR) is 244 cm³/mol. The smallest absolute Gasteiger partial charge is 0.421 e. The second kappa shape index (κ2) is 21.2. The first-order valence-electron chi connectivity index (χ1n) is 21.7. The Balaban J connectivity index is 0.822. The van der Waals surface area contributed by atoms with Gasteiger partial charge in [0, 0.05) is 80.7 Å². The number of aromatic nitrogens is 2. The van der Waals surface area contributed by atoms with Gasteiger partial charge in [-0.15, -0.1) is 0 Å². The van der Waals surface area contributed by atoms with E-state index in [0.29, 0.717) is 68.3 Å². The lowest BCUT2D eigenvalue weighted by molar-refractivity contribution is -0.138. The number of hydrogen-bond donors (Lipinski definition) is 6. The Morgan fingerprint density at radius 1 is 0.896 bits per heavy atom. The third kappa shape index (κ3) is 11.6. The summed E-state index contributed by atoms with van der Waals surface area (Å²) < 4.78 is 47.6. The van der Waals surface area contributed by atoms with Crippen molar-refractivity contribution in [2.45, 2.75) is 50.7 Å². The Kier molecular flexibility index (Phi) is 15.0. The van der Waals surface area contributed by atoms with Crippen molar-refractivity contribution in [1.29, 1.82) is 0 Å². The Bertz CT molecular complexity index is 2550. The average molecular weight is 926 g/mol. The molecule has 7 rings (SSSR count). The summed E-state index contributed by atoms with van der Waals surface area (Å²) in [6, 6.07) is 15.5. The van der Waals surface area contributed by atoms with Crippen molar-refractivity contribution in [3.63, 3.8) is 0 Å². The molecule has 6 amide bonds. The van der Waals surface area contributed by atoms with Crippen LogP contribution >= 0.6 is 0 Å². The molecule has 1 unspecified atom stereocenters. The molecule has 18 nitrogen and oxygen atoms in total. The van der Waals surface area contributed by atoms with Crippen molar-refractivity contribution in [3.8, 4) is 5.75 Å². The number of methoxy groups -OCH3 is 1. The van der Waals surface area contributed by atoms with Crippen LogP contribution in [0.15, 0.2) is 79.5 Å². The van der Waals surface area contributed by atoms with Crippen LogP contribution < -0.4 is 41.5 Å². The highest BCUT2D eigenvalue weighted by Crippen LogP contribution is 2.37. The second-order valence-electron chi connectivity index (χ2n) is 16.0. The maximum absolute atomic E-state index is 14.0. The zero-order valence-electron chi connectivity index (χ0n) is 36.6. The molecule has 67 heavy (non-hydrogen) atoms. The highest BCUT2D eigenvalue weighted by atomic mass is 19.4. The summed E-state index contributed by atoms with van der Waals surface area (Å²) in [5, 5.41) is 16.7.